The van der Waals surface area contributed by atoms with Crippen LogP contribution in [0.15, 0.2) is 18.2 Å². The van der Waals surface area contributed by atoms with Gasteiger partial charge in [-0.1, -0.05) is 6.07 Å². The molecule has 4 nitrogen and oxygen atoms in total. The number of hydrogen-bond donors (Lipinski definition) is 2. The Morgan fingerprint density at radius 1 is 1.39 bits per heavy atom. The lowest BCUT2D eigenvalue weighted by Gasteiger charge is -2.26. The Kier molecular flexibility index (Phi) is 5.14. The highest BCUT2D eigenvalue weighted by atomic mass is 16.5. The number of hydrogen-bond acceptors (Lipinski definition) is 4. The highest BCUT2D eigenvalue weighted by Gasteiger charge is 2.16. The van der Waals surface area contributed by atoms with E-state index in [-0.39, 0.29) is 0 Å². The van der Waals surface area contributed by atoms with Gasteiger partial charge >= 0.3 is 0 Å². The van der Waals surface area contributed by atoms with Crippen molar-refractivity contribution in [2.45, 2.75) is 32.5 Å². The van der Waals surface area contributed by atoms with E-state index in [0.717, 1.165) is 23.4 Å². The zero-order valence-corrected chi connectivity index (χ0v) is 11.7. The maximum absolute atomic E-state index is 9.80. The minimum Gasteiger partial charge on any atom is -0.496 e. The number of nitrogens with zero attached hydrogens (tertiary/aromatic N) is 1. The van der Waals surface area contributed by atoms with Crippen molar-refractivity contribution in [3.05, 3.63) is 29.3 Å². The van der Waals surface area contributed by atoms with Crippen LogP contribution in [0.2, 0.25) is 0 Å². The number of benzene rings is 1. The van der Waals surface area contributed by atoms with Gasteiger partial charge in [0, 0.05) is 25.2 Å². The van der Waals surface area contributed by atoms with Crippen LogP contribution >= 0.6 is 0 Å². The van der Waals surface area contributed by atoms with Gasteiger partial charge in [0.1, 0.15) is 5.75 Å². The summed E-state index contributed by atoms with van der Waals surface area (Å²) >= 11 is 0. The first-order valence-corrected chi connectivity index (χ1v) is 6.12. The van der Waals surface area contributed by atoms with Gasteiger partial charge in [-0.05, 0) is 38.6 Å². The van der Waals surface area contributed by atoms with Crippen molar-refractivity contribution in [3.63, 3.8) is 0 Å². The molecule has 18 heavy (non-hydrogen) atoms. The van der Waals surface area contributed by atoms with Crippen molar-refractivity contribution in [1.29, 1.82) is 0 Å². The van der Waals surface area contributed by atoms with Crippen LogP contribution in [-0.2, 0) is 13.1 Å². The van der Waals surface area contributed by atoms with E-state index >= 15 is 0 Å². The number of ether oxygens (including phenoxy) is 1. The number of aliphatic hydroxyl groups is 1. The Morgan fingerprint density at radius 3 is 2.56 bits per heavy atom. The molecule has 1 rings (SSSR count). The van der Waals surface area contributed by atoms with Crippen molar-refractivity contribution in [2.24, 2.45) is 5.73 Å². The van der Waals surface area contributed by atoms with Gasteiger partial charge < -0.3 is 15.6 Å². The van der Waals surface area contributed by atoms with Gasteiger partial charge in [-0.3, -0.25) is 4.90 Å². The van der Waals surface area contributed by atoms with Gasteiger partial charge in [-0.25, -0.2) is 0 Å². The Bertz CT molecular complexity index is 386. The molecule has 1 aromatic carbocycles. The molecule has 0 heterocycles. The second-order valence-corrected chi connectivity index (χ2v) is 5.34. The molecule has 0 atom stereocenters. The quantitative estimate of drug-likeness (QED) is 0.802. The maximum Gasteiger partial charge on any atom is 0.123 e. The zero-order chi connectivity index (χ0) is 13.8. The van der Waals surface area contributed by atoms with Gasteiger partial charge in [-0.15, -0.1) is 0 Å². The number of likely N-dealkylation sites (N-methyl/N-ethyl adjacent to an activating group) is 1. The summed E-state index contributed by atoms with van der Waals surface area (Å²) in [5.41, 5.74) is 7.12. The molecule has 0 radical (unpaired) electrons. The van der Waals surface area contributed by atoms with Gasteiger partial charge in [0.2, 0.25) is 0 Å². The summed E-state index contributed by atoms with van der Waals surface area (Å²) in [4.78, 5) is 2.07. The highest BCUT2D eigenvalue weighted by molar-refractivity contribution is 5.37. The van der Waals surface area contributed by atoms with E-state index in [9.17, 15) is 5.11 Å². The standard InChI is InChI=1S/C14H24N2O2/c1-14(2,17)10-16(3)9-12-7-11(8-15)5-6-13(12)18-4/h5-7,17H,8-10,15H2,1-4H3. The minimum atomic E-state index is -0.701. The van der Waals surface area contributed by atoms with E-state index < -0.39 is 5.60 Å². The van der Waals surface area contributed by atoms with Crippen molar-refractivity contribution >= 4 is 0 Å². The average Bonchev–Trinajstić information content (AvgIpc) is 2.26. The lowest BCUT2D eigenvalue weighted by Crippen LogP contribution is -2.35. The summed E-state index contributed by atoms with van der Waals surface area (Å²) in [7, 11) is 3.64. The lowest BCUT2D eigenvalue weighted by molar-refractivity contribution is 0.0423. The van der Waals surface area contributed by atoms with Crippen molar-refractivity contribution < 1.29 is 9.84 Å². The molecule has 0 saturated heterocycles. The minimum absolute atomic E-state index is 0.520. The van der Waals surface area contributed by atoms with Crippen LogP contribution in [-0.4, -0.2) is 36.3 Å². The monoisotopic (exact) mass is 252 g/mol. The maximum atomic E-state index is 9.80. The van der Waals surface area contributed by atoms with E-state index in [2.05, 4.69) is 11.0 Å². The van der Waals surface area contributed by atoms with Crippen molar-refractivity contribution in [3.8, 4) is 5.75 Å². The largest absolute Gasteiger partial charge is 0.496 e. The Balaban J connectivity index is 2.81. The molecular weight excluding hydrogens is 228 g/mol. The predicted octanol–water partition coefficient (Wildman–Crippen LogP) is 1.36. The first-order valence-electron chi connectivity index (χ1n) is 6.12. The van der Waals surface area contributed by atoms with Crippen molar-refractivity contribution in [2.75, 3.05) is 20.7 Å². The van der Waals surface area contributed by atoms with E-state index in [1.165, 1.54) is 0 Å². The zero-order valence-electron chi connectivity index (χ0n) is 11.7. The molecule has 3 N–H and O–H groups in total. The summed E-state index contributed by atoms with van der Waals surface area (Å²) in [6.45, 7) is 5.45. The normalized spacial score (nSPS) is 11.9. The van der Waals surface area contributed by atoms with Crippen LogP contribution < -0.4 is 10.5 Å². The molecule has 1 aromatic rings. The SMILES string of the molecule is COc1ccc(CN)cc1CN(C)CC(C)(C)O. The molecule has 0 aliphatic rings. The topological polar surface area (TPSA) is 58.7 Å². The van der Waals surface area contributed by atoms with Crippen molar-refractivity contribution in [1.82, 2.24) is 4.90 Å². The fraction of sp³-hybridized carbons (Fsp3) is 0.571. The van der Waals surface area contributed by atoms with Crippen LogP contribution in [0.1, 0.15) is 25.0 Å². The Hall–Kier alpha value is -1.10. The van der Waals surface area contributed by atoms with Crippen LogP contribution in [0.3, 0.4) is 0 Å². The van der Waals surface area contributed by atoms with Crippen LogP contribution in [0.25, 0.3) is 0 Å². The molecule has 4 heteroatoms. The van der Waals surface area contributed by atoms with Crippen LogP contribution in [0.5, 0.6) is 5.75 Å². The number of rotatable bonds is 6. The van der Waals surface area contributed by atoms with Gasteiger partial charge in [0.15, 0.2) is 0 Å². The molecule has 0 aromatic heterocycles. The van der Waals surface area contributed by atoms with E-state index in [1.54, 1.807) is 21.0 Å². The Labute approximate surface area is 109 Å². The van der Waals surface area contributed by atoms with E-state index in [1.807, 2.05) is 19.2 Å². The molecular formula is C14H24N2O2. The molecule has 0 unspecified atom stereocenters. The molecule has 0 fully saturated rings. The summed E-state index contributed by atoms with van der Waals surface area (Å²) in [6.07, 6.45) is 0. The second-order valence-electron chi connectivity index (χ2n) is 5.34. The number of methoxy groups -OCH3 is 1. The third-order valence-corrected chi connectivity index (χ3v) is 2.68. The molecule has 0 spiro atoms. The second kappa shape index (κ2) is 6.18. The smallest absolute Gasteiger partial charge is 0.123 e. The molecule has 0 amide bonds. The fourth-order valence-electron chi connectivity index (χ4n) is 2.09. The summed E-state index contributed by atoms with van der Waals surface area (Å²) in [6, 6.07) is 5.97. The predicted molar refractivity (Wildman–Crippen MR) is 73.5 cm³/mol. The molecule has 0 aliphatic carbocycles. The lowest BCUT2D eigenvalue weighted by atomic mass is 10.1. The molecule has 0 bridgehead atoms. The summed E-state index contributed by atoms with van der Waals surface area (Å²) in [5.74, 6) is 0.856. The van der Waals surface area contributed by atoms with Gasteiger partial charge in [-0.2, -0.15) is 0 Å². The molecule has 0 saturated carbocycles. The van der Waals surface area contributed by atoms with Crippen LogP contribution in [0.4, 0.5) is 0 Å². The van der Waals surface area contributed by atoms with E-state index in [0.29, 0.717) is 13.1 Å². The van der Waals surface area contributed by atoms with Crippen LogP contribution in [0, 0.1) is 0 Å². The van der Waals surface area contributed by atoms with E-state index in [4.69, 9.17) is 10.5 Å². The summed E-state index contributed by atoms with van der Waals surface area (Å²) in [5, 5.41) is 9.80. The third-order valence-electron chi connectivity index (χ3n) is 2.68. The average molecular weight is 252 g/mol. The third kappa shape index (κ3) is 4.64. The first kappa shape index (κ1) is 15.0. The van der Waals surface area contributed by atoms with Gasteiger partial charge in [0.25, 0.3) is 0 Å². The highest BCUT2D eigenvalue weighted by Crippen LogP contribution is 2.21. The number of nitrogens with two attached hydrogens (primary N) is 1. The molecule has 102 valence electrons. The Morgan fingerprint density at radius 2 is 2.06 bits per heavy atom. The van der Waals surface area contributed by atoms with Gasteiger partial charge in [0.05, 0.1) is 12.7 Å². The molecule has 0 aliphatic heterocycles. The summed E-state index contributed by atoms with van der Waals surface area (Å²) < 4.78 is 5.35. The first-order chi connectivity index (χ1) is 8.35. The fourth-order valence-corrected chi connectivity index (χ4v) is 2.09.